The lowest BCUT2D eigenvalue weighted by atomic mass is 9.74. The standard InChI is InChI=1S/C15H24/c1-5-11-15(4,12-6-2)14-10-8-7-9-13(14)3/h7-10H,5-6,11-12H2,1-4H3. The number of rotatable bonds is 5. The van der Waals surface area contributed by atoms with Crippen molar-refractivity contribution in [3.05, 3.63) is 35.4 Å². The van der Waals surface area contributed by atoms with Gasteiger partial charge in [0.1, 0.15) is 0 Å². The van der Waals surface area contributed by atoms with Crippen LogP contribution < -0.4 is 0 Å². The average molecular weight is 204 g/mol. The topological polar surface area (TPSA) is 0 Å². The molecule has 0 bridgehead atoms. The van der Waals surface area contributed by atoms with Crippen LogP contribution in [0.25, 0.3) is 0 Å². The van der Waals surface area contributed by atoms with Gasteiger partial charge in [0.05, 0.1) is 0 Å². The van der Waals surface area contributed by atoms with Crippen LogP contribution in [0.2, 0.25) is 0 Å². The third-order valence-electron chi connectivity index (χ3n) is 3.40. The van der Waals surface area contributed by atoms with E-state index in [2.05, 4.69) is 52.0 Å². The monoisotopic (exact) mass is 204 g/mol. The van der Waals surface area contributed by atoms with Crippen LogP contribution in [0.15, 0.2) is 24.3 Å². The molecule has 0 aromatic heterocycles. The van der Waals surface area contributed by atoms with E-state index in [1.54, 1.807) is 5.56 Å². The van der Waals surface area contributed by atoms with Gasteiger partial charge in [0.2, 0.25) is 0 Å². The summed E-state index contributed by atoms with van der Waals surface area (Å²) in [7, 11) is 0. The maximum Gasteiger partial charge on any atom is -0.00728 e. The molecule has 0 heterocycles. The van der Waals surface area contributed by atoms with Gasteiger partial charge in [-0.15, -0.1) is 0 Å². The van der Waals surface area contributed by atoms with Crippen LogP contribution in [0.5, 0.6) is 0 Å². The summed E-state index contributed by atoms with van der Waals surface area (Å²) < 4.78 is 0. The van der Waals surface area contributed by atoms with Crippen molar-refractivity contribution in [2.45, 2.75) is 58.8 Å². The van der Waals surface area contributed by atoms with E-state index in [-0.39, 0.29) is 0 Å². The van der Waals surface area contributed by atoms with Crippen LogP contribution in [-0.2, 0) is 5.41 Å². The molecule has 0 N–H and O–H groups in total. The van der Waals surface area contributed by atoms with Gasteiger partial charge in [-0.05, 0) is 36.3 Å². The van der Waals surface area contributed by atoms with E-state index in [1.165, 1.54) is 31.2 Å². The number of hydrogen-bond donors (Lipinski definition) is 0. The van der Waals surface area contributed by atoms with Crippen LogP contribution >= 0.6 is 0 Å². The maximum absolute atomic E-state index is 2.42. The summed E-state index contributed by atoms with van der Waals surface area (Å²) in [6, 6.07) is 8.85. The minimum atomic E-state index is 0.384. The third-order valence-corrected chi connectivity index (χ3v) is 3.40. The van der Waals surface area contributed by atoms with Gasteiger partial charge in [0.15, 0.2) is 0 Å². The minimum absolute atomic E-state index is 0.384. The Balaban J connectivity index is 3.03. The zero-order chi connectivity index (χ0) is 11.3. The van der Waals surface area contributed by atoms with E-state index in [0.717, 1.165) is 0 Å². The molecule has 0 nitrogen and oxygen atoms in total. The van der Waals surface area contributed by atoms with Crippen LogP contribution in [0.4, 0.5) is 0 Å². The molecule has 1 aromatic rings. The van der Waals surface area contributed by atoms with Crippen molar-refractivity contribution in [2.24, 2.45) is 0 Å². The summed E-state index contributed by atoms with van der Waals surface area (Å²) in [5.41, 5.74) is 3.38. The average Bonchev–Trinajstić information content (AvgIpc) is 2.19. The van der Waals surface area contributed by atoms with Gasteiger partial charge in [-0.3, -0.25) is 0 Å². The minimum Gasteiger partial charge on any atom is -0.0654 e. The first-order valence-electron chi connectivity index (χ1n) is 6.20. The third kappa shape index (κ3) is 2.84. The van der Waals surface area contributed by atoms with Gasteiger partial charge >= 0.3 is 0 Å². The molecule has 1 rings (SSSR count). The second kappa shape index (κ2) is 5.34. The zero-order valence-corrected chi connectivity index (χ0v) is 10.6. The first-order chi connectivity index (χ1) is 7.14. The second-order valence-corrected chi connectivity index (χ2v) is 4.88. The maximum atomic E-state index is 2.42. The van der Waals surface area contributed by atoms with E-state index in [0.29, 0.717) is 5.41 Å². The summed E-state index contributed by atoms with van der Waals surface area (Å²) in [6.07, 6.45) is 5.13. The van der Waals surface area contributed by atoms with Crippen molar-refractivity contribution in [2.75, 3.05) is 0 Å². The molecule has 0 amide bonds. The molecule has 0 saturated carbocycles. The van der Waals surface area contributed by atoms with Crippen molar-refractivity contribution in [3.8, 4) is 0 Å². The van der Waals surface area contributed by atoms with Gasteiger partial charge in [-0.2, -0.15) is 0 Å². The van der Waals surface area contributed by atoms with Gasteiger partial charge < -0.3 is 0 Å². The highest BCUT2D eigenvalue weighted by molar-refractivity contribution is 5.32. The predicted molar refractivity (Wildman–Crippen MR) is 68.3 cm³/mol. The van der Waals surface area contributed by atoms with E-state index in [4.69, 9.17) is 0 Å². The Bertz CT molecular complexity index is 293. The number of hydrogen-bond acceptors (Lipinski definition) is 0. The molecule has 0 aliphatic carbocycles. The normalized spacial score (nSPS) is 11.7. The van der Waals surface area contributed by atoms with Crippen molar-refractivity contribution in [3.63, 3.8) is 0 Å². The van der Waals surface area contributed by atoms with Crippen LogP contribution in [0, 0.1) is 6.92 Å². The SMILES string of the molecule is CCCC(C)(CCC)c1ccccc1C. The fraction of sp³-hybridized carbons (Fsp3) is 0.600. The van der Waals surface area contributed by atoms with Crippen molar-refractivity contribution in [1.29, 1.82) is 0 Å². The van der Waals surface area contributed by atoms with Gasteiger partial charge in [-0.1, -0.05) is 57.9 Å². The highest BCUT2D eigenvalue weighted by Crippen LogP contribution is 2.35. The Morgan fingerprint density at radius 2 is 1.53 bits per heavy atom. The molecular weight excluding hydrogens is 180 g/mol. The Kier molecular flexibility index (Phi) is 4.38. The first-order valence-corrected chi connectivity index (χ1v) is 6.20. The Morgan fingerprint density at radius 1 is 1.00 bits per heavy atom. The molecule has 0 radical (unpaired) electrons. The zero-order valence-electron chi connectivity index (χ0n) is 10.6. The number of benzene rings is 1. The lowest BCUT2D eigenvalue weighted by Gasteiger charge is -2.31. The van der Waals surface area contributed by atoms with Crippen molar-refractivity contribution in [1.82, 2.24) is 0 Å². The molecule has 0 spiro atoms. The molecule has 0 fully saturated rings. The molecule has 0 aliphatic rings. The molecule has 0 aliphatic heterocycles. The highest BCUT2D eigenvalue weighted by Gasteiger charge is 2.25. The molecule has 1 aromatic carbocycles. The molecule has 0 atom stereocenters. The molecule has 0 unspecified atom stereocenters. The summed E-state index contributed by atoms with van der Waals surface area (Å²) in [4.78, 5) is 0. The molecule has 0 heteroatoms. The van der Waals surface area contributed by atoms with Crippen LogP contribution in [-0.4, -0.2) is 0 Å². The Labute approximate surface area is 94.7 Å². The second-order valence-electron chi connectivity index (χ2n) is 4.88. The summed E-state index contributed by atoms with van der Waals surface area (Å²) in [5, 5.41) is 0. The van der Waals surface area contributed by atoms with E-state index in [9.17, 15) is 0 Å². The van der Waals surface area contributed by atoms with Gasteiger partial charge in [-0.25, -0.2) is 0 Å². The highest BCUT2D eigenvalue weighted by atomic mass is 14.3. The van der Waals surface area contributed by atoms with Crippen molar-refractivity contribution >= 4 is 0 Å². The van der Waals surface area contributed by atoms with Gasteiger partial charge in [0, 0.05) is 0 Å². The van der Waals surface area contributed by atoms with E-state index >= 15 is 0 Å². The predicted octanol–water partition coefficient (Wildman–Crippen LogP) is 4.85. The fourth-order valence-corrected chi connectivity index (χ4v) is 2.75. The summed E-state index contributed by atoms with van der Waals surface area (Å²) in [6.45, 7) is 9.22. The molecular formula is C15H24. The first kappa shape index (κ1) is 12.3. The van der Waals surface area contributed by atoms with Crippen LogP contribution in [0.3, 0.4) is 0 Å². The van der Waals surface area contributed by atoms with Gasteiger partial charge in [0.25, 0.3) is 0 Å². The smallest absolute Gasteiger partial charge is 0.00728 e. The van der Waals surface area contributed by atoms with Crippen LogP contribution in [0.1, 0.15) is 57.6 Å². The lowest BCUT2D eigenvalue weighted by molar-refractivity contribution is 0.390. The molecule has 84 valence electrons. The Hall–Kier alpha value is -0.780. The van der Waals surface area contributed by atoms with Crippen molar-refractivity contribution < 1.29 is 0 Å². The quantitative estimate of drug-likeness (QED) is 0.643. The molecule has 15 heavy (non-hydrogen) atoms. The summed E-state index contributed by atoms with van der Waals surface area (Å²) >= 11 is 0. The summed E-state index contributed by atoms with van der Waals surface area (Å²) in [5.74, 6) is 0. The largest absolute Gasteiger partial charge is 0.0654 e. The molecule has 0 saturated heterocycles. The number of aryl methyl sites for hydroxylation is 1. The van der Waals surface area contributed by atoms with E-state index in [1.807, 2.05) is 0 Å². The fourth-order valence-electron chi connectivity index (χ4n) is 2.75. The van der Waals surface area contributed by atoms with E-state index < -0.39 is 0 Å². The Morgan fingerprint density at radius 3 is 2.00 bits per heavy atom. The lowest BCUT2D eigenvalue weighted by Crippen LogP contribution is -2.22.